The van der Waals surface area contributed by atoms with E-state index in [2.05, 4.69) is 28.4 Å². The van der Waals surface area contributed by atoms with Crippen molar-refractivity contribution in [2.24, 2.45) is 5.92 Å². The molecular formula is C16H27N3O. The van der Waals surface area contributed by atoms with E-state index in [1.165, 1.54) is 38.6 Å². The summed E-state index contributed by atoms with van der Waals surface area (Å²) in [5.41, 5.74) is 1.04. The van der Waals surface area contributed by atoms with E-state index in [4.69, 9.17) is 4.52 Å². The molecule has 2 unspecified atom stereocenters. The van der Waals surface area contributed by atoms with Gasteiger partial charge in [-0.3, -0.25) is 4.90 Å². The smallest absolute Gasteiger partial charge is 0.151 e. The number of rotatable bonds is 6. The van der Waals surface area contributed by atoms with E-state index < -0.39 is 0 Å². The Morgan fingerprint density at radius 1 is 1.35 bits per heavy atom. The van der Waals surface area contributed by atoms with Crippen LogP contribution in [0.2, 0.25) is 0 Å². The molecule has 1 N–H and O–H groups in total. The van der Waals surface area contributed by atoms with Crippen molar-refractivity contribution in [3.05, 3.63) is 17.5 Å². The Labute approximate surface area is 121 Å². The summed E-state index contributed by atoms with van der Waals surface area (Å²) in [7, 11) is 0. The van der Waals surface area contributed by atoms with Crippen molar-refractivity contribution in [3.63, 3.8) is 0 Å². The molecule has 0 spiro atoms. The number of hydrogen-bond donors (Lipinski definition) is 1. The highest BCUT2D eigenvalue weighted by Gasteiger charge is 2.35. The second kappa shape index (κ2) is 6.72. The maximum Gasteiger partial charge on any atom is 0.151 e. The molecule has 2 aliphatic rings. The second-order valence-corrected chi connectivity index (χ2v) is 6.33. The third-order valence-electron chi connectivity index (χ3n) is 4.82. The summed E-state index contributed by atoms with van der Waals surface area (Å²) < 4.78 is 5.51. The Morgan fingerprint density at radius 2 is 2.25 bits per heavy atom. The van der Waals surface area contributed by atoms with Gasteiger partial charge in [-0.25, -0.2) is 0 Å². The van der Waals surface area contributed by atoms with E-state index in [-0.39, 0.29) is 0 Å². The molecule has 20 heavy (non-hydrogen) atoms. The molecule has 2 atom stereocenters. The first-order valence-electron chi connectivity index (χ1n) is 8.26. The summed E-state index contributed by atoms with van der Waals surface area (Å²) in [5.74, 6) is 1.97. The standard InChI is InChI=1S/C16H27N3O/c1-2-8-17-11-14-10-15(20-18-14)12-19-9-7-13-5-3-4-6-16(13)19/h10,13,16-17H,2-9,11-12H2,1H3. The maximum atomic E-state index is 5.51. The molecule has 0 bridgehead atoms. The number of nitrogens with one attached hydrogen (secondary N) is 1. The summed E-state index contributed by atoms with van der Waals surface area (Å²) in [6, 6.07) is 2.93. The van der Waals surface area contributed by atoms with E-state index in [9.17, 15) is 0 Å². The Kier molecular flexibility index (Phi) is 4.73. The first kappa shape index (κ1) is 14.1. The highest BCUT2D eigenvalue weighted by Crippen LogP contribution is 2.36. The van der Waals surface area contributed by atoms with Crippen molar-refractivity contribution >= 4 is 0 Å². The quantitative estimate of drug-likeness (QED) is 0.812. The van der Waals surface area contributed by atoms with Crippen LogP contribution in [0, 0.1) is 5.92 Å². The maximum absolute atomic E-state index is 5.51. The second-order valence-electron chi connectivity index (χ2n) is 6.33. The van der Waals surface area contributed by atoms with Gasteiger partial charge >= 0.3 is 0 Å². The van der Waals surface area contributed by atoms with Gasteiger partial charge in [0.15, 0.2) is 5.76 Å². The molecule has 2 heterocycles. The summed E-state index contributed by atoms with van der Waals surface area (Å²) in [6.45, 7) is 6.22. The third kappa shape index (κ3) is 3.23. The molecule has 1 aliphatic heterocycles. The average Bonchev–Trinajstić information content (AvgIpc) is 3.08. The highest BCUT2D eigenvalue weighted by atomic mass is 16.5. The molecule has 0 radical (unpaired) electrons. The van der Waals surface area contributed by atoms with Crippen molar-refractivity contribution < 1.29 is 4.52 Å². The molecule has 112 valence electrons. The van der Waals surface area contributed by atoms with Gasteiger partial charge in [-0.1, -0.05) is 24.9 Å². The van der Waals surface area contributed by atoms with Crippen molar-refractivity contribution in [1.29, 1.82) is 0 Å². The van der Waals surface area contributed by atoms with Gasteiger partial charge in [0.25, 0.3) is 0 Å². The lowest BCUT2D eigenvalue weighted by Gasteiger charge is -2.30. The van der Waals surface area contributed by atoms with E-state index in [0.29, 0.717) is 0 Å². The van der Waals surface area contributed by atoms with Crippen LogP contribution in [0.5, 0.6) is 0 Å². The predicted octanol–water partition coefficient (Wildman–Crippen LogP) is 2.94. The number of aromatic nitrogens is 1. The molecule has 2 fully saturated rings. The number of likely N-dealkylation sites (tertiary alicyclic amines) is 1. The average molecular weight is 277 g/mol. The summed E-state index contributed by atoms with van der Waals surface area (Å²) in [5, 5.41) is 7.54. The molecular weight excluding hydrogens is 250 g/mol. The topological polar surface area (TPSA) is 41.3 Å². The Bertz CT molecular complexity index is 418. The summed E-state index contributed by atoms with van der Waals surface area (Å²) in [4.78, 5) is 2.62. The third-order valence-corrected chi connectivity index (χ3v) is 4.82. The molecule has 1 saturated heterocycles. The summed E-state index contributed by atoms with van der Waals surface area (Å²) in [6.07, 6.45) is 8.18. The van der Waals surface area contributed by atoms with E-state index in [1.54, 1.807) is 0 Å². The fourth-order valence-electron chi connectivity index (χ4n) is 3.81. The molecule has 1 aliphatic carbocycles. The molecule has 3 rings (SSSR count). The van der Waals surface area contributed by atoms with Gasteiger partial charge in [-0.15, -0.1) is 0 Å². The Balaban J connectivity index is 1.52. The first-order chi connectivity index (χ1) is 9.86. The molecule has 4 heteroatoms. The van der Waals surface area contributed by atoms with Crippen LogP contribution in [0.4, 0.5) is 0 Å². The lowest BCUT2D eigenvalue weighted by Crippen LogP contribution is -2.34. The zero-order valence-corrected chi connectivity index (χ0v) is 12.6. The fraction of sp³-hybridized carbons (Fsp3) is 0.812. The largest absolute Gasteiger partial charge is 0.360 e. The molecule has 4 nitrogen and oxygen atoms in total. The van der Waals surface area contributed by atoms with Crippen LogP contribution in [-0.2, 0) is 13.1 Å². The zero-order valence-electron chi connectivity index (χ0n) is 12.6. The van der Waals surface area contributed by atoms with Crippen LogP contribution >= 0.6 is 0 Å². The van der Waals surface area contributed by atoms with Crippen LogP contribution in [-0.4, -0.2) is 29.2 Å². The molecule has 1 saturated carbocycles. The monoisotopic (exact) mass is 277 g/mol. The van der Waals surface area contributed by atoms with Gasteiger partial charge in [-0.2, -0.15) is 0 Å². The molecule has 0 aromatic carbocycles. The van der Waals surface area contributed by atoms with Crippen LogP contribution < -0.4 is 5.32 Å². The van der Waals surface area contributed by atoms with Crippen molar-refractivity contribution in [2.45, 2.75) is 64.6 Å². The number of fused-ring (bicyclic) bond motifs is 1. The van der Waals surface area contributed by atoms with Gasteiger partial charge in [0.05, 0.1) is 12.2 Å². The van der Waals surface area contributed by atoms with Crippen molar-refractivity contribution in [3.8, 4) is 0 Å². The minimum Gasteiger partial charge on any atom is -0.360 e. The normalized spacial score (nSPS) is 26.9. The van der Waals surface area contributed by atoms with Gasteiger partial charge in [0.2, 0.25) is 0 Å². The lowest BCUT2D eigenvalue weighted by molar-refractivity contribution is 0.161. The Hall–Kier alpha value is -0.870. The first-order valence-corrected chi connectivity index (χ1v) is 8.26. The number of hydrogen-bond acceptors (Lipinski definition) is 4. The number of nitrogens with zero attached hydrogens (tertiary/aromatic N) is 2. The van der Waals surface area contributed by atoms with E-state index in [1.807, 2.05) is 0 Å². The molecule has 1 aromatic rings. The fourth-order valence-corrected chi connectivity index (χ4v) is 3.81. The van der Waals surface area contributed by atoms with Crippen molar-refractivity contribution in [2.75, 3.05) is 13.1 Å². The SMILES string of the molecule is CCCNCc1cc(CN2CCC3CCCCC32)on1. The van der Waals surface area contributed by atoms with Crippen LogP contribution in [0.15, 0.2) is 10.6 Å². The molecule has 1 aromatic heterocycles. The van der Waals surface area contributed by atoms with Gasteiger partial charge < -0.3 is 9.84 Å². The minimum absolute atomic E-state index is 0.801. The van der Waals surface area contributed by atoms with Gasteiger partial charge in [-0.05, 0) is 44.7 Å². The zero-order chi connectivity index (χ0) is 13.8. The van der Waals surface area contributed by atoms with E-state index in [0.717, 1.165) is 49.5 Å². The van der Waals surface area contributed by atoms with E-state index >= 15 is 0 Å². The van der Waals surface area contributed by atoms with Crippen LogP contribution in [0.3, 0.4) is 0 Å². The van der Waals surface area contributed by atoms with Crippen LogP contribution in [0.1, 0.15) is 56.9 Å². The minimum atomic E-state index is 0.801. The van der Waals surface area contributed by atoms with Crippen LogP contribution in [0.25, 0.3) is 0 Å². The van der Waals surface area contributed by atoms with Gasteiger partial charge in [0.1, 0.15) is 0 Å². The van der Waals surface area contributed by atoms with Crippen molar-refractivity contribution in [1.82, 2.24) is 15.4 Å². The highest BCUT2D eigenvalue weighted by molar-refractivity contribution is 5.06. The predicted molar refractivity (Wildman–Crippen MR) is 79.3 cm³/mol. The lowest BCUT2D eigenvalue weighted by atomic mass is 9.85. The Morgan fingerprint density at radius 3 is 3.15 bits per heavy atom. The summed E-state index contributed by atoms with van der Waals surface area (Å²) >= 11 is 0. The molecule has 0 amide bonds. The van der Waals surface area contributed by atoms with Gasteiger partial charge in [0, 0.05) is 18.7 Å².